The highest BCUT2D eigenvalue weighted by Crippen LogP contribution is 2.22. The van der Waals surface area contributed by atoms with Crippen LogP contribution in [0.3, 0.4) is 0 Å². The number of hydrogen-bond acceptors (Lipinski definition) is 2. The predicted octanol–water partition coefficient (Wildman–Crippen LogP) is 4.09. The summed E-state index contributed by atoms with van der Waals surface area (Å²) in [6, 6.07) is 7.76. The minimum absolute atomic E-state index is 0.190. The summed E-state index contributed by atoms with van der Waals surface area (Å²) in [6.07, 6.45) is 4.16. The quantitative estimate of drug-likeness (QED) is 0.723. The van der Waals surface area contributed by atoms with E-state index in [0.29, 0.717) is 0 Å². The number of ether oxygens (including phenoxy) is 1. The molecule has 1 atom stereocenters. The van der Waals surface area contributed by atoms with E-state index in [9.17, 15) is 5.11 Å². The molecule has 2 nitrogen and oxygen atoms in total. The molecule has 1 aromatic carbocycles. The van der Waals surface area contributed by atoms with Crippen LogP contribution in [0.25, 0.3) is 0 Å². The molecule has 1 aromatic rings. The minimum Gasteiger partial charge on any atom is -0.491 e. The minimum atomic E-state index is -0.338. The second-order valence-corrected chi connectivity index (χ2v) is 4.75. The molecule has 0 aliphatic carbocycles. The zero-order chi connectivity index (χ0) is 12.7. The fraction of sp³-hybridized carbons (Fsp3) is 0.600. The van der Waals surface area contributed by atoms with Crippen molar-refractivity contribution in [3.05, 3.63) is 29.8 Å². The van der Waals surface area contributed by atoms with Gasteiger partial charge in [0.2, 0.25) is 0 Å². The van der Waals surface area contributed by atoms with Gasteiger partial charge >= 0.3 is 0 Å². The monoisotopic (exact) mass is 236 g/mol. The maximum Gasteiger partial charge on any atom is 0.119 e. The molecule has 0 radical (unpaired) electrons. The topological polar surface area (TPSA) is 29.5 Å². The molecule has 0 aliphatic rings. The standard InChI is InChI=1S/C15H24O2/c1-4-5-6-7-15(16)13-8-10-14(11-9-13)17-12(2)3/h8-12,15-16H,4-7H2,1-3H3. The van der Waals surface area contributed by atoms with Gasteiger partial charge in [-0.1, -0.05) is 38.3 Å². The summed E-state index contributed by atoms with van der Waals surface area (Å²) in [4.78, 5) is 0. The van der Waals surface area contributed by atoms with Gasteiger partial charge in [-0.2, -0.15) is 0 Å². The first kappa shape index (κ1) is 14.0. The maximum atomic E-state index is 9.98. The van der Waals surface area contributed by atoms with Crippen LogP contribution in [0.15, 0.2) is 24.3 Å². The van der Waals surface area contributed by atoms with Crippen molar-refractivity contribution in [2.75, 3.05) is 0 Å². The van der Waals surface area contributed by atoms with E-state index in [0.717, 1.165) is 24.2 Å². The van der Waals surface area contributed by atoms with Crippen molar-refractivity contribution in [1.82, 2.24) is 0 Å². The molecule has 0 saturated heterocycles. The van der Waals surface area contributed by atoms with Gasteiger partial charge in [-0.15, -0.1) is 0 Å². The van der Waals surface area contributed by atoms with Gasteiger partial charge < -0.3 is 9.84 Å². The van der Waals surface area contributed by atoms with Crippen molar-refractivity contribution < 1.29 is 9.84 Å². The molecule has 17 heavy (non-hydrogen) atoms. The lowest BCUT2D eigenvalue weighted by Gasteiger charge is -2.13. The molecule has 0 spiro atoms. The summed E-state index contributed by atoms with van der Waals surface area (Å²) >= 11 is 0. The van der Waals surface area contributed by atoms with Gasteiger partial charge in [0, 0.05) is 0 Å². The summed E-state index contributed by atoms with van der Waals surface area (Å²) in [5.74, 6) is 0.865. The third-order valence-corrected chi connectivity index (χ3v) is 2.72. The zero-order valence-electron chi connectivity index (χ0n) is 11.1. The van der Waals surface area contributed by atoms with E-state index in [1.165, 1.54) is 12.8 Å². The van der Waals surface area contributed by atoms with E-state index in [2.05, 4.69) is 6.92 Å². The summed E-state index contributed by atoms with van der Waals surface area (Å²) < 4.78 is 5.57. The number of hydrogen-bond donors (Lipinski definition) is 1. The molecule has 0 amide bonds. The number of benzene rings is 1. The molecule has 0 aromatic heterocycles. The SMILES string of the molecule is CCCCCC(O)c1ccc(OC(C)C)cc1. The summed E-state index contributed by atoms with van der Waals surface area (Å²) in [5, 5.41) is 9.98. The normalized spacial score (nSPS) is 12.8. The van der Waals surface area contributed by atoms with Gasteiger partial charge in [-0.25, -0.2) is 0 Å². The molecule has 1 rings (SSSR count). The van der Waals surface area contributed by atoms with Crippen molar-refractivity contribution >= 4 is 0 Å². The van der Waals surface area contributed by atoms with E-state index in [4.69, 9.17) is 4.74 Å². The Morgan fingerprint density at radius 1 is 1.12 bits per heavy atom. The van der Waals surface area contributed by atoms with Crippen LogP contribution in [0.4, 0.5) is 0 Å². The molecule has 1 unspecified atom stereocenters. The number of aliphatic hydroxyl groups is 1. The smallest absolute Gasteiger partial charge is 0.119 e. The molecule has 1 N–H and O–H groups in total. The molecule has 0 fully saturated rings. The second-order valence-electron chi connectivity index (χ2n) is 4.75. The van der Waals surface area contributed by atoms with Crippen LogP contribution < -0.4 is 4.74 Å². The third kappa shape index (κ3) is 5.22. The first-order valence-corrected chi connectivity index (χ1v) is 6.58. The Balaban J connectivity index is 2.48. The van der Waals surface area contributed by atoms with Crippen molar-refractivity contribution in [3.8, 4) is 5.75 Å². The fourth-order valence-electron chi connectivity index (χ4n) is 1.80. The number of rotatable bonds is 7. The molecule has 0 heterocycles. The van der Waals surface area contributed by atoms with Gasteiger partial charge in [0.25, 0.3) is 0 Å². The average molecular weight is 236 g/mol. The van der Waals surface area contributed by atoms with E-state index in [1.54, 1.807) is 0 Å². The zero-order valence-corrected chi connectivity index (χ0v) is 11.1. The number of aliphatic hydroxyl groups excluding tert-OH is 1. The van der Waals surface area contributed by atoms with Crippen LogP contribution in [-0.2, 0) is 0 Å². The van der Waals surface area contributed by atoms with Crippen LogP contribution in [0, 0.1) is 0 Å². The predicted molar refractivity (Wildman–Crippen MR) is 71.3 cm³/mol. The van der Waals surface area contributed by atoms with E-state index < -0.39 is 0 Å². The lowest BCUT2D eigenvalue weighted by Crippen LogP contribution is -2.05. The Hall–Kier alpha value is -1.02. The molecule has 0 saturated carbocycles. The highest BCUT2D eigenvalue weighted by atomic mass is 16.5. The highest BCUT2D eigenvalue weighted by molar-refractivity contribution is 5.28. The molecular formula is C15H24O2. The van der Waals surface area contributed by atoms with Crippen molar-refractivity contribution in [2.45, 2.75) is 58.7 Å². The van der Waals surface area contributed by atoms with E-state index in [1.807, 2.05) is 38.1 Å². The Morgan fingerprint density at radius 2 is 1.76 bits per heavy atom. The van der Waals surface area contributed by atoms with Crippen molar-refractivity contribution in [3.63, 3.8) is 0 Å². The summed E-state index contributed by atoms with van der Waals surface area (Å²) in [7, 11) is 0. The highest BCUT2D eigenvalue weighted by Gasteiger charge is 2.07. The van der Waals surface area contributed by atoms with E-state index >= 15 is 0 Å². The van der Waals surface area contributed by atoms with Crippen LogP contribution >= 0.6 is 0 Å². The summed E-state index contributed by atoms with van der Waals surface area (Å²) in [6.45, 7) is 6.19. The molecular weight excluding hydrogens is 212 g/mol. The van der Waals surface area contributed by atoms with Crippen LogP contribution in [-0.4, -0.2) is 11.2 Å². The van der Waals surface area contributed by atoms with Crippen molar-refractivity contribution in [2.24, 2.45) is 0 Å². The number of unbranched alkanes of at least 4 members (excludes halogenated alkanes) is 2. The Bertz CT molecular complexity index is 303. The summed E-state index contributed by atoms with van der Waals surface area (Å²) in [5.41, 5.74) is 0.984. The van der Waals surface area contributed by atoms with Gasteiger partial charge in [-0.05, 0) is 38.0 Å². The Labute approximate surface area is 105 Å². The lowest BCUT2D eigenvalue weighted by molar-refractivity contribution is 0.163. The van der Waals surface area contributed by atoms with Gasteiger partial charge in [-0.3, -0.25) is 0 Å². The second kappa shape index (κ2) is 7.33. The Kier molecular flexibility index (Phi) is 6.06. The largest absolute Gasteiger partial charge is 0.491 e. The van der Waals surface area contributed by atoms with Gasteiger partial charge in [0.15, 0.2) is 0 Å². The third-order valence-electron chi connectivity index (χ3n) is 2.72. The fourth-order valence-corrected chi connectivity index (χ4v) is 1.80. The molecule has 2 heteroatoms. The van der Waals surface area contributed by atoms with E-state index in [-0.39, 0.29) is 12.2 Å². The Morgan fingerprint density at radius 3 is 2.29 bits per heavy atom. The average Bonchev–Trinajstić information content (AvgIpc) is 2.29. The lowest BCUT2D eigenvalue weighted by atomic mass is 10.0. The molecule has 0 aliphatic heterocycles. The van der Waals surface area contributed by atoms with Gasteiger partial charge in [0.1, 0.15) is 5.75 Å². The first-order chi connectivity index (χ1) is 8.13. The first-order valence-electron chi connectivity index (χ1n) is 6.58. The van der Waals surface area contributed by atoms with Crippen LogP contribution in [0.2, 0.25) is 0 Å². The van der Waals surface area contributed by atoms with Crippen LogP contribution in [0.5, 0.6) is 5.75 Å². The molecule has 96 valence electrons. The van der Waals surface area contributed by atoms with Crippen LogP contribution in [0.1, 0.15) is 58.1 Å². The van der Waals surface area contributed by atoms with Gasteiger partial charge in [0.05, 0.1) is 12.2 Å². The molecule has 0 bridgehead atoms. The van der Waals surface area contributed by atoms with Crippen molar-refractivity contribution in [1.29, 1.82) is 0 Å². The maximum absolute atomic E-state index is 9.98.